The van der Waals surface area contributed by atoms with Gasteiger partial charge in [-0.1, -0.05) is 139 Å². The Hall–Kier alpha value is -2.10. The van der Waals surface area contributed by atoms with Crippen LogP contribution in [-0.2, 0) is 14.3 Å². The van der Waals surface area contributed by atoms with E-state index < -0.39 is 5.97 Å². The zero-order valence-corrected chi connectivity index (χ0v) is 26.7. The SMILES string of the molecule is CCCCC/C=C\C/C=C\C/C=C\C/C=C\CCCCCC(=O)OCCCCCCCCCCCCCCC(=O)O. The molecule has 0 aromatic heterocycles. The number of hydrogen-bond acceptors (Lipinski definition) is 3. The van der Waals surface area contributed by atoms with E-state index in [1.165, 1.54) is 70.6 Å². The molecule has 4 heteroatoms. The molecule has 0 saturated carbocycles. The number of unbranched alkanes of at least 4 members (excludes halogenated alkanes) is 17. The maximum Gasteiger partial charge on any atom is 0.305 e. The van der Waals surface area contributed by atoms with Crippen molar-refractivity contribution in [2.24, 2.45) is 0 Å². The topological polar surface area (TPSA) is 63.6 Å². The van der Waals surface area contributed by atoms with Gasteiger partial charge in [-0.25, -0.2) is 0 Å². The first-order valence-corrected chi connectivity index (χ1v) is 17.1. The monoisotopic (exact) mass is 572 g/mol. The lowest BCUT2D eigenvalue weighted by atomic mass is 10.0. The zero-order valence-electron chi connectivity index (χ0n) is 26.7. The Morgan fingerprint density at radius 3 is 1.37 bits per heavy atom. The third-order valence-electron chi connectivity index (χ3n) is 7.26. The van der Waals surface area contributed by atoms with Crippen molar-refractivity contribution in [2.75, 3.05) is 6.61 Å². The highest BCUT2D eigenvalue weighted by molar-refractivity contribution is 5.69. The van der Waals surface area contributed by atoms with Crippen molar-refractivity contribution in [1.29, 1.82) is 0 Å². The highest BCUT2D eigenvalue weighted by atomic mass is 16.5. The van der Waals surface area contributed by atoms with Gasteiger partial charge in [-0.3, -0.25) is 9.59 Å². The standard InChI is InChI=1S/C37H64O4/c1-2-3-4-5-6-7-8-9-10-11-12-13-14-15-19-22-25-28-31-34-37(40)41-35-32-29-26-23-20-17-16-18-21-24-27-30-33-36(38)39/h6-7,9-10,12-13,15,19H,2-5,8,11,14,16-18,20-35H2,1H3,(H,38,39)/b7-6-,10-9-,13-12-,19-15-. The normalized spacial score (nSPS) is 12.0. The lowest BCUT2D eigenvalue weighted by Crippen LogP contribution is -2.05. The summed E-state index contributed by atoms with van der Waals surface area (Å²) >= 11 is 0. The van der Waals surface area contributed by atoms with Crippen LogP contribution in [0.5, 0.6) is 0 Å². The molecule has 0 aliphatic carbocycles. The molecule has 0 radical (unpaired) electrons. The molecular formula is C37H64O4. The van der Waals surface area contributed by atoms with Crippen molar-refractivity contribution in [3.63, 3.8) is 0 Å². The Morgan fingerprint density at radius 2 is 0.878 bits per heavy atom. The van der Waals surface area contributed by atoms with E-state index in [0.717, 1.165) is 77.0 Å². The largest absolute Gasteiger partial charge is 0.481 e. The van der Waals surface area contributed by atoms with Crippen molar-refractivity contribution >= 4 is 11.9 Å². The lowest BCUT2D eigenvalue weighted by molar-refractivity contribution is -0.144. The fraction of sp³-hybridized carbons (Fsp3) is 0.730. The Balaban J connectivity index is 3.33. The molecular weight excluding hydrogens is 508 g/mol. The fourth-order valence-electron chi connectivity index (χ4n) is 4.67. The fourth-order valence-corrected chi connectivity index (χ4v) is 4.67. The quantitative estimate of drug-likeness (QED) is 0.0510. The molecule has 0 fully saturated rings. The molecule has 0 saturated heterocycles. The van der Waals surface area contributed by atoms with E-state index in [0.29, 0.717) is 19.4 Å². The minimum absolute atomic E-state index is 0.0364. The molecule has 0 heterocycles. The summed E-state index contributed by atoms with van der Waals surface area (Å²) in [4.78, 5) is 22.4. The molecule has 0 atom stereocenters. The Kier molecular flexibility index (Phi) is 32.4. The second-order valence-corrected chi connectivity index (χ2v) is 11.3. The maximum atomic E-state index is 11.9. The Labute approximate surface area is 253 Å². The molecule has 236 valence electrons. The summed E-state index contributed by atoms with van der Waals surface area (Å²) < 4.78 is 5.39. The number of allylic oxidation sites excluding steroid dienone is 8. The summed E-state index contributed by atoms with van der Waals surface area (Å²) in [6.07, 6.45) is 45.4. The van der Waals surface area contributed by atoms with Gasteiger partial charge in [0.15, 0.2) is 0 Å². The number of carboxylic acid groups (broad SMARTS) is 1. The van der Waals surface area contributed by atoms with Crippen LogP contribution in [0.1, 0.15) is 167 Å². The number of hydrogen-bond donors (Lipinski definition) is 1. The third kappa shape index (κ3) is 35.9. The molecule has 1 N–H and O–H groups in total. The summed E-state index contributed by atoms with van der Waals surface area (Å²) in [5.74, 6) is -0.714. The second kappa shape index (κ2) is 34.1. The molecule has 0 aliphatic rings. The van der Waals surface area contributed by atoms with E-state index in [2.05, 4.69) is 55.5 Å². The number of esters is 1. The number of carbonyl (C=O) groups excluding carboxylic acids is 1. The van der Waals surface area contributed by atoms with Gasteiger partial charge < -0.3 is 9.84 Å². The summed E-state index contributed by atoms with van der Waals surface area (Å²) in [5, 5.41) is 8.62. The van der Waals surface area contributed by atoms with E-state index in [1.54, 1.807) is 0 Å². The van der Waals surface area contributed by atoms with Crippen molar-refractivity contribution in [3.05, 3.63) is 48.6 Å². The van der Waals surface area contributed by atoms with Gasteiger partial charge >= 0.3 is 11.9 Å². The van der Waals surface area contributed by atoms with Crippen LogP contribution in [0.4, 0.5) is 0 Å². The average molecular weight is 573 g/mol. The van der Waals surface area contributed by atoms with Gasteiger partial charge in [0.05, 0.1) is 6.61 Å². The number of carboxylic acids is 1. The van der Waals surface area contributed by atoms with E-state index >= 15 is 0 Å². The molecule has 0 aromatic rings. The first kappa shape index (κ1) is 38.9. The first-order chi connectivity index (χ1) is 20.2. The minimum Gasteiger partial charge on any atom is -0.481 e. The Morgan fingerprint density at radius 1 is 0.488 bits per heavy atom. The molecule has 0 bridgehead atoms. The molecule has 4 nitrogen and oxygen atoms in total. The maximum absolute atomic E-state index is 11.9. The predicted octanol–water partition coefficient (Wildman–Crippen LogP) is 11.6. The van der Waals surface area contributed by atoms with Crippen LogP contribution in [0.2, 0.25) is 0 Å². The van der Waals surface area contributed by atoms with Crippen LogP contribution in [0.15, 0.2) is 48.6 Å². The molecule has 0 aliphatic heterocycles. The zero-order chi connectivity index (χ0) is 29.9. The van der Waals surface area contributed by atoms with Crippen LogP contribution in [0.3, 0.4) is 0 Å². The smallest absolute Gasteiger partial charge is 0.305 e. The van der Waals surface area contributed by atoms with Crippen LogP contribution >= 0.6 is 0 Å². The molecule has 0 rings (SSSR count). The Bertz CT molecular complexity index is 689. The van der Waals surface area contributed by atoms with Gasteiger partial charge in [0, 0.05) is 12.8 Å². The molecule has 0 unspecified atom stereocenters. The molecule has 0 amide bonds. The van der Waals surface area contributed by atoms with Gasteiger partial charge in [-0.15, -0.1) is 0 Å². The number of ether oxygens (including phenoxy) is 1. The molecule has 0 aromatic carbocycles. The summed E-state index contributed by atoms with van der Waals surface area (Å²) in [5.41, 5.74) is 0. The second-order valence-electron chi connectivity index (χ2n) is 11.3. The number of rotatable bonds is 31. The number of carbonyl (C=O) groups is 2. The van der Waals surface area contributed by atoms with E-state index in [9.17, 15) is 9.59 Å². The third-order valence-corrected chi connectivity index (χ3v) is 7.26. The van der Waals surface area contributed by atoms with Crippen LogP contribution in [0.25, 0.3) is 0 Å². The lowest BCUT2D eigenvalue weighted by Gasteiger charge is -2.05. The predicted molar refractivity (Wildman–Crippen MR) is 176 cm³/mol. The highest BCUT2D eigenvalue weighted by Crippen LogP contribution is 2.13. The van der Waals surface area contributed by atoms with Crippen molar-refractivity contribution in [3.8, 4) is 0 Å². The average Bonchev–Trinajstić information content (AvgIpc) is 2.96. The first-order valence-electron chi connectivity index (χ1n) is 17.1. The molecule has 0 spiro atoms. The van der Waals surface area contributed by atoms with Crippen molar-refractivity contribution in [1.82, 2.24) is 0 Å². The highest BCUT2D eigenvalue weighted by Gasteiger charge is 2.02. The van der Waals surface area contributed by atoms with Gasteiger partial charge in [0.2, 0.25) is 0 Å². The minimum atomic E-state index is -0.677. The van der Waals surface area contributed by atoms with Crippen molar-refractivity contribution < 1.29 is 19.4 Å². The van der Waals surface area contributed by atoms with E-state index in [4.69, 9.17) is 9.84 Å². The molecule has 41 heavy (non-hydrogen) atoms. The summed E-state index contributed by atoms with van der Waals surface area (Å²) in [7, 11) is 0. The van der Waals surface area contributed by atoms with Gasteiger partial charge in [-0.05, 0) is 64.2 Å². The van der Waals surface area contributed by atoms with Crippen LogP contribution < -0.4 is 0 Å². The van der Waals surface area contributed by atoms with Gasteiger partial charge in [-0.2, -0.15) is 0 Å². The number of aliphatic carboxylic acids is 1. The van der Waals surface area contributed by atoms with Crippen LogP contribution in [0, 0.1) is 0 Å². The van der Waals surface area contributed by atoms with Gasteiger partial charge in [0.25, 0.3) is 0 Å². The van der Waals surface area contributed by atoms with Crippen LogP contribution in [-0.4, -0.2) is 23.7 Å². The van der Waals surface area contributed by atoms with Crippen molar-refractivity contribution in [2.45, 2.75) is 167 Å². The summed E-state index contributed by atoms with van der Waals surface area (Å²) in [6, 6.07) is 0. The van der Waals surface area contributed by atoms with Gasteiger partial charge in [0.1, 0.15) is 0 Å². The summed E-state index contributed by atoms with van der Waals surface area (Å²) in [6.45, 7) is 2.82. The van der Waals surface area contributed by atoms with E-state index in [-0.39, 0.29) is 5.97 Å². The van der Waals surface area contributed by atoms with E-state index in [1.807, 2.05) is 0 Å².